The van der Waals surface area contributed by atoms with Crippen molar-refractivity contribution in [2.45, 2.75) is 13.3 Å². The zero-order chi connectivity index (χ0) is 13.3. The third-order valence-corrected chi connectivity index (χ3v) is 3.23. The lowest BCUT2D eigenvalue weighted by molar-refractivity contribution is -0.479. The van der Waals surface area contributed by atoms with Crippen molar-refractivity contribution in [3.8, 4) is 5.75 Å². The van der Waals surface area contributed by atoms with Gasteiger partial charge in [-0.05, 0) is 24.6 Å². The predicted octanol–water partition coefficient (Wildman–Crippen LogP) is 2.96. The molecule has 1 aromatic carbocycles. The molecule has 6 heteroatoms. The summed E-state index contributed by atoms with van der Waals surface area (Å²) in [6, 6.07) is 3.59. The van der Waals surface area contributed by atoms with Crippen molar-refractivity contribution in [2.24, 2.45) is 0 Å². The SMILES string of the molecule is COc1cc2c(CC[N+](=O)[O-])c(C)[nH]c2cc1Cl. The Hall–Kier alpha value is -1.75. The molecule has 0 bridgehead atoms. The molecular formula is C12H13ClN2O3. The van der Waals surface area contributed by atoms with Gasteiger partial charge in [0, 0.05) is 27.9 Å². The van der Waals surface area contributed by atoms with Crippen molar-refractivity contribution in [3.63, 3.8) is 0 Å². The lowest BCUT2D eigenvalue weighted by Gasteiger charge is -2.03. The van der Waals surface area contributed by atoms with E-state index in [2.05, 4.69) is 4.98 Å². The molecule has 0 atom stereocenters. The summed E-state index contributed by atoms with van der Waals surface area (Å²) in [5, 5.41) is 11.9. The summed E-state index contributed by atoms with van der Waals surface area (Å²) in [5.41, 5.74) is 2.74. The Labute approximate surface area is 109 Å². The highest BCUT2D eigenvalue weighted by Gasteiger charge is 2.13. The largest absolute Gasteiger partial charge is 0.495 e. The molecule has 0 saturated heterocycles. The molecule has 0 saturated carbocycles. The second-order valence-corrected chi connectivity index (χ2v) is 4.47. The van der Waals surface area contributed by atoms with Crippen LogP contribution in [0.4, 0.5) is 0 Å². The second-order valence-electron chi connectivity index (χ2n) is 4.07. The van der Waals surface area contributed by atoms with E-state index < -0.39 is 0 Å². The number of H-pyrrole nitrogens is 1. The Morgan fingerprint density at radius 3 is 2.83 bits per heavy atom. The van der Waals surface area contributed by atoms with Gasteiger partial charge in [0.2, 0.25) is 6.54 Å². The van der Waals surface area contributed by atoms with Gasteiger partial charge in [0.05, 0.1) is 12.1 Å². The Bertz CT molecular complexity index is 607. The summed E-state index contributed by atoms with van der Waals surface area (Å²) in [6.45, 7) is 1.81. The van der Waals surface area contributed by atoms with Crippen molar-refractivity contribution in [1.82, 2.24) is 4.98 Å². The molecule has 5 nitrogen and oxygen atoms in total. The number of hydrogen-bond acceptors (Lipinski definition) is 3. The molecule has 18 heavy (non-hydrogen) atoms. The highest BCUT2D eigenvalue weighted by atomic mass is 35.5. The summed E-state index contributed by atoms with van der Waals surface area (Å²) >= 11 is 6.04. The molecule has 0 aliphatic heterocycles. The maximum absolute atomic E-state index is 10.5. The number of halogens is 1. The van der Waals surface area contributed by atoms with E-state index >= 15 is 0 Å². The first-order valence-corrected chi connectivity index (χ1v) is 5.87. The van der Waals surface area contributed by atoms with Crippen LogP contribution in [0.15, 0.2) is 12.1 Å². The number of hydrogen-bond donors (Lipinski definition) is 1. The maximum atomic E-state index is 10.5. The highest BCUT2D eigenvalue weighted by Crippen LogP contribution is 2.32. The van der Waals surface area contributed by atoms with Crippen molar-refractivity contribution in [3.05, 3.63) is 38.5 Å². The number of nitrogens with one attached hydrogen (secondary N) is 1. The fourth-order valence-corrected chi connectivity index (χ4v) is 2.31. The van der Waals surface area contributed by atoms with Crippen LogP contribution < -0.4 is 4.74 Å². The summed E-state index contributed by atoms with van der Waals surface area (Å²) in [4.78, 5) is 13.3. The molecule has 0 aliphatic carbocycles. The standard InChI is InChI=1S/C12H13ClN2O3/c1-7-8(3-4-15(16)17)9-5-12(18-2)10(13)6-11(9)14-7/h5-6,14H,3-4H2,1-2H3. The van der Waals surface area contributed by atoms with Gasteiger partial charge in [-0.25, -0.2) is 0 Å². The number of ether oxygens (including phenoxy) is 1. The van der Waals surface area contributed by atoms with Crippen LogP contribution in [-0.4, -0.2) is 23.6 Å². The first-order valence-electron chi connectivity index (χ1n) is 5.49. The van der Waals surface area contributed by atoms with Crippen LogP contribution in [0, 0.1) is 17.0 Å². The number of methoxy groups -OCH3 is 1. The number of aromatic nitrogens is 1. The molecule has 0 amide bonds. The van der Waals surface area contributed by atoms with E-state index in [0.29, 0.717) is 17.2 Å². The van der Waals surface area contributed by atoms with Crippen LogP contribution in [0.25, 0.3) is 10.9 Å². The normalized spacial score (nSPS) is 10.8. The molecule has 2 rings (SSSR count). The monoisotopic (exact) mass is 268 g/mol. The van der Waals surface area contributed by atoms with Gasteiger partial charge in [0.15, 0.2) is 0 Å². The van der Waals surface area contributed by atoms with E-state index in [1.54, 1.807) is 13.2 Å². The van der Waals surface area contributed by atoms with E-state index in [-0.39, 0.29) is 11.5 Å². The van der Waals surface area contributed by atoms with E-state index in [9.17, 15) is 10.1 Å². The van der Waals surface area contributed by atoms with Gasteiger partial charge in [-0.15, -0.1) is 0 Å². The number of aryl methyl sites for hydroxylation is 1. The van der Waals surface area contributed by atoms with E-state index in [1.807, 2.05) is 13.0 Å². The molecule has 1 aromatic heterocycles. The van der Waals surface area contributed by atoms with Gasteiger partial charge in [0.25, 0.3) is 0 Å². The van der Waals surface area contributed by atoms with Crippen LogP contribution in [0.1, 0.15) is 11.3 Å². The third kappa shape index (κ3) is 2.26. The van der Waals surface area contributed by atoms with Crippen LogP contribution in [0.5, 0.6) is 5.75 Å². The maximum Gasteiger partial charge on any atom is 0.207 e. The molecule has 0 spiro atoms. The Balaban J connectivity index is 2.51. The van der Waals surface area contributed by atoms with Gasteiger partial charge in [0.1, 0.15) is 5.75 Å². The predicted molar refractivity (Wildman–Crippen MR) is 70.2 cm³/mol. The summed E-state index contributed by atoms with van der Waals surface area (Å²) in [5.74, 6) is 0.575. The zero-order valence-electron chi connectivity index (χ0n) is 10.1. The second kappa shape index (κ2) is 4.86. The average Bonchev–Trinajstić information content (AvgIpc) is 2.60. The first kappa shape index (κ1) is 12.7. The fourth-order valence-electron chi connectivity index (χ4n) is 2.07. The van der Waals surface area contributed by atoms with Crippen molar-refractivity contribution in [1.29, 1.82) is 0 Å². The summed E-state index contributed by atoms with van der Waals surface area (Å²) in [7, 11) is 1.54. The van der Waals surface area contributed by atoms with Crippen molar-refractivity contribution in [2.75, 3.05) is 13.7 Å². The number of aromatic amines is 1. The lowest BCUT2D eigenvalue weighted by Crippen LogP contribution is -2.04. The van der Waals surface area contributed by atoms with Crippen molar-refractivity contribution >= 4 is 22.5 Å². The molecule has 1 heterocycles. The van der Waals surface area contributed by atoms with E-state index in [0.717, 1.165) is 22.2 Å². The van der Waals surface area contributed by atoms with E-state index in [4.69, 9.17) is 16.3 Å². The molecular weight excluding hydrogens is 256 g/mol. The molecule has 0 fully saturated rings. The fraction of sp³-hybridized carbons (Fsp3) is 0.333. The van der Waals surface area contributed by atoms with Gasteiger partial charge >= 0.3 is 0 Å². The number of fused-ring (bicyclic) bond motifs is 1. The zero-order valence-corrected chi connectivity index (χ0v) is 10.9. The molecule has 0 unspecified atom stereocenters. The Morgan fingerprint density at radius 1 is 1.50 bits per heavy atom. The number of nitro groups is 1. The first-order chi connectivity index (χ1) is 8.52. The minimum atomic E-state index is -0.314. The van der Waals surface area contributed by atoms with Crippen LogP contribution in [-0.2, 0) is 6.42 Å². The lowest BCUT2D eigenvalue weighted by atomic mass is 10.1. The van der Waals surface area contributed by atoms with E-state index in [1.165, 1.54) is 0 Å². The topological polar surface area (TPSA) is 68.2 Å². The third-order valence-electron chi connectivity index (χ3n) is 2.94. The van der Waals surface area contributed by atoms with Crippen LogP contribution in [0.2, 0.25) is 5.02 Å². The van der Waals surface area contributed by atoms with Crippen LogP contribution in [0.3, 0.4) is 0 Å². The molecule has 0 aliphatic rings. The van der Waals surface area contributed by atoms with Crippen molar-refractivity contribution < 1.29 is 9.66 Å². The number of nitrogens with zero attached hydrogens (tertiary/aromatic N) is 1. The highest BCUT2D eigenvalue weighted by molar-refractivity contribution is 6.32. The van der Waals surface area contributed by atoms with Gasteiger partial charge in [-0.1, -0.05) is 11.6 Å². The summed E-state index contributed by atoms with van der Waals surface area (Å²) < 4.78 is 5.16. The molecule has 2 aromatic rings. The molecule has 96 valence electrons. The number of rotatable bonds is 4. The Morgan fingerprint density at radius 2 is 2.22 bits per heavy atom. The van der Waals surface area contributed by atoms with Gasteiger partial charge in [-0.2, -0.15) is 0 Å². The molecule has 1 N–H and O–H groups in total. The minimum Gasteiger partial charge on any atom is -0.495 e. The van der Waals surface area contributed by atoms with Gasteiger partial charge in [-0.3, -0.25) is 10.1 Å². The molecule has 0 radical (unpaired) electrons. The average molecular weight is 269 g/mol. The van der Waals surface area contributed by atoms with Crippen LogP contribution >= 0.6 is 11.6 Å². The van der Waals surface area contributed by atoms with Gasteiger partial charge < -0.3 is 9.72 Å². The minimum absolute atomic E-state index is 0.0846. The Kier molecular flexibility index (Phi) is 3.43. The smallest absolute Gasteiger partial charge is 0.207 e. The number of benzene rings is 1. The quantitative estimate of drug-likeness (QED) is 0.685. The summed E-state index contributed by atoms with van der Waals surface area (Å²) in [6.07, 6.45) is 0.392.